The summed E-state index contributed by atoms with van der Waals surface area (Å²) >= 11 is 1.68. The van der Waals surface area contributed by atoms with E-state index < -0.39 is 5.60 Å². The lowest BCUT2D eigenvalue weighted by molar-refractivity contribution is -0.0789. The molecule has 3 nitrogen and oxygen atoms in total. The maximum atomic E-state index is 6.39. The number of likely N-dealkylation sites (N-methyl/N-ethyl adjacent to an activating group) is 1. The molecule has 0 spiro atoms. The van der Waals surface area contributed by atoms with Crippen LogP contribution >= 0.6 is 11.3 Å². The molecule has 0 unspecified atom stereocenters. The fourth-order valence-electron chi connectivity index (χ4n) is 3.53. The van der Waals surface area contributed by atoms with Crippen LogP contribution in [0.4, 0.5) is 0 Å². The average Bonchev–Trinajstić information content (AvgIpc) is 3.34. The molecule has 0 atom stereocenters. The largest absolute Gasteiger partial charge is 0.491 e. The summed E-state index contributed by atoms with van der Waals surface area (Å²) in [6, 6.07) is 10.4. The van der Waals surface area contributed by atoms with E-state index in [2.05, 4.69) is 98.7 Å². The van der Waals surface area contributed by atoms with Crippen LogP contribution in [0.2, 0.25) is 0 Å². The van der Waals surface area contributed by atoms with Gasteiger partial charge in [-0.1, -0.05) is 49.1 Å². The van der Waals surface area contributed by atoms with Crippen LogP contribution in [0.5, 0.6) is 5.75 Å². The van der Waals surface area contributed by atoms with Gasteiger partial charge in [0.25, 0.3) is 0 Å². The second-order valence-electron chi connectivity index (χ2n) is 9.77. The number of rotatable bonds is 15. The summed E-state index contributed by atoms with van der Waals surface area (Å²) in [5.74, 6) is 7.23. The standard InChI is InChI=1S/C31H41NO2S/c1-7-17-31(18-8-2,34-24-28-16-21-35-25-28)26-33-29-15-13-14-27(22-29)23-32(9-3)20-12-10-11-19-30(4,5)6/h7-8,10,12-16,21-22,25H,1-2,9,17-18,20,23-24,26H2,3-6H3/b12-10+. The van der Waals surface area contributed by atoms with Gasteiger partial charge in [0.2, 0.25) is 0 Å². The van der Waals surface area contributed by atoms with Crippen LogP contribution in [0.3, 0.4) is 0 Å². The number of hydrogen-bond donors (Lipinski definition) is 0. The number of allylic oxidation sites excluding steroid dienone is 1. The molecule has 0 aliphatic carbocycles. The van der Waals surface area contributed by atoms with Crippen molar-refractivity contribution in [3.63, 3.8) is 0 Å². The summed E-state index contributed by atoms with van der Waals surface area (Å²) in [6.45, 7) is 20.1. The monoisotopic (exact) mass is 491 g/mol. The maximum Gasteiger partial charge on any atom is 0.119 e. The molecule has 2 rings (SSSR count). The Hall–Kier alpha value is -2.58. The fourth-order valence-corrected chi connectivity index (χ4v) is 4.18. The molecule has 0 saturated heterocycles. The van der Waals surface area contributed by atoms with Crippen molar-refractivity contribution >= 4 is 11.3 Å². The summed E-state index contributed by atoms with van der Waals surface area (Å²) in [4.78, 5) is 2.37. The van der Waals surface area contributed by atoms with Crippen molar-refractivity contribution in [3.05, 3.63) is 89.7 Å². The van der Waals surface area contributed by atoms with Gasteiger partial charge in [-0.15, -0.1) is 13.2 Å². The smallest absolute Gasteiger partial charge is 0.119 e. The van der Waals surface area contributed by atoms with Crippen LogP contribution in [0, 0.1) is 17.3 Å². The highest BCUT2D eigenvalue weighted by Gasteiger charge is 2.30. The quantitative estimate of drug-likeness (QED) is 0.188. The highest BCUT2D eigenvalue weighted by Crippen LogP contribution is 2.27. The van der Waals surface area contributed by atoms with E-state index in [0.717, 1.165) is 25.4 Å². The number of thiophene rings is 1. The summed E-state index contributed by atoms with van der Waals surface area (Å²) in [6.07, 6.45) is 9.27. The van der Waals surface area contributed by atoms with E-state index in [9.17, 15) is 0 Å². The molecular formula is C31H41NO2S. The molecule has 0 aliphatic heterocycles. The van der Waals surface area contributed by atoms with Crippen LogP contribution < -0.4 is 4.74 Å². The van der Waals surface area contributed by atoms with Crippen molar-refractivity contribution in [3.8, 4) is 17.6 Å². The molecule has 0 saturated carbocycles. The van der Waals surface area contributed by atoms with Crippen LogP contribution in [-0.2, 0) is 17.9 Å². The molecule has 4 heteroatoms. The summed E-state index contributed by atoms with van der Waals surface area (Å²) in [5, 5.41) is 4.18. The van der Waals surface area contributed by atoms with E-state index in [-0.39, 0.29) is 5.41 Å². The van der Waals surface area contributed by atoms with E-state index in [4.69, 9.17) is 9.47 Å². The molecule has 188 valence electrons. The highest BCUT2D eigenvalue weighted by molar-refractivity contribution is 7.07. The number of ether oxygens (including phenoxy) is 2. The lowest BCUT2D eigenvalue weighted by Crippen LogP contribution is -2.38. The molecule has 0 aliphatic rings. The van der Waals surface area contributed by atoms with Crippen molar-refractivity contribution in [1.82, 2.24) is 4.90 Å². The summed E-state index contributed by atoms with van der Waals surface area (Å²) in [5.41, 5.74) is 1.93. The number of benzene rings is 1. The van der Waals surface area contributed by atoms with E-state index in [1.165, 1.54) is 11.1 Å². The first-order chi connectivity index (χ1) is 16.8. The van der Waals surface area contributed by atoms with Gasteiger partial charge in [-0.3, -0.25) is 4.90 Å². The van der Waals surface area contributed by atoms with Gasteiger partial charge in [-0.2, -0.15) is 11.3 Å². The second kappa shape index (κ2) is 14.7. The minimum Gasteiger partial charge on any atom is -0.491 e. The number of hydrogen-bond acceptors (Lipinski definition) is 4. The highest BCUT2D eigenvalue weighted by atomic mass is 32.1. The van der Waals surface area contributed by atoms with Crippen LogP contribution in [0.1, 0.15) is 51.7 Å². The molecule has 0 bridgehead atoms. The Morgan fingerprint density at radius 1 is 1.09 bits per heavy atom. The Morgan fingerprint density at radius 2 is 1.86 bits per heavy atom. The first kappa shape index (κ1) is 28.7. The van der Waals surface area contributed by atoms with E-state index in [0.29, 0.717) is 26.1 Å². The van der Waals surface area contributed by atoms with Crippen molar-refractivity contribution in [1.29, 1.82) is 0 Å². The normalized spacial score (nSPS) is 11.9. The Labute approximate surface area is 217 Å². The molecule has 0 radical (unpaired) electrons. The Bertz CT molecular complexity index is 979. The van der Waals surface area contributed by atoms with Gasteiger partial charge < -0.3 is 9.47 Å². The molecule has 2 aromatic rings. The van der Waals surface area contributed by atoms with Gasteiger partial charge in [0.05, 0.1) is 6.61 Å². The summed E-state index contributed by atoms with van der Waals surface area (Å²) < 4.78 is 12.7. The van der Waals surface area contributed by atoms with Crippen molar-refractivity contribution in [2.45, 2.75) is 59.3 Å². The Balaban J connectivity index is 2.01. The van der Waals surface area contributed by atoms with Crippen molar-refractivity contribution < 1.29 is 9.47 Å². The lowest BCUT2D eigenvalue weighted by Gasteiger charge is -2.32. The fraction of sp³-hybridized carbons (Fsp3) is 0.419. The molecule has 0 N–H and O–H groups in total. The van der Waals surface area contributed by atoms with Crippen molar-refractivity contribution in [2.75, 3.05) is 19.7 Å². The van der Waals surface area contributed by atoms with Gasteiger partial charge in [0, 0.05) is 18.5 Å². The molecule has 0 fully saturated rings. The van der Waals surface area contributed by atoms with Gasteiger partial charge in [0.15, 0.2) is 0 Å². The predicted octanol–water partition coefficient (Wildman–Crippen LogP) is 7.66. The zero-order valence-corrected chi connectivity index (χ0v) is 22.7. The van der Waals surface area contributed by atoms with E-state index in [1.807, 2.05) is 24.3 Å². The summed E-state index contributed by atoms with van der Waals surface area (Å²) in [7, 11) is 0. The molecule has 1 heterocycles. The van der Waals surface area contributed by atoms with Gasteiger partial charge >= 0.3 is 0 Å². The first-order valence-electron chi connectivity index (χ1n) is 12.3. The third-order valence-electron chi connectivity index (χ3n) is 5.42. The second-order valence-corrected chi connectivity index (χ2v) is 10.6. The van der Waals surface area contributed by atoms with Gasteiger partial charge in [-0.05, 0) is 86.3 Å². The Kier molecular flexibility index (Phi) is 12.1. The van der Waals surface area contributed by atoms with Crippen LogP contribution in [0.15, 0.2) is 78.6 Å². The zero-order valence-electron chi connectivity index (χ0n) is 21.9. The van der Waals surface area contributed by atoms with Crippen molar-refractivity contribution in [2.24, 2.45) is 5.41 Å². The first-order valence-corrected chi connectivity index (χ1v) is 13.2. The third-order valence-corrected chi connectivity index (χ3v) is 6.16. The molecule has 1 aromatic carbocycles. The molecule has 0 amide bonds. The third kappa shape index (κ3) is 11.1. The minimum absolute atomic E-state index is 0.0269. The van der Waals surface area contributed by atoms with Crippen LogP contribution in [-0.4, -0.2) is 30.2 Å². The average molecular weight is 492 g/mol. The number of nitrogens with zero attached hydrogens (tertiary/aromatic N) is 1. The van der Waals surface area contributed by atoms with Gasteiger partial charge in [0.1, 0.15) is 18.0 Å². The van der Waals surface area contributed by atoms with E-state index >= 15 is 0 Å². The van der Waals surface area contributed by atoms with Gasteiger partial charge in [-0.25, -0.2) is 0 Å². The zero-order chi connectivity index (χ0) is 25.6. The topological polar surface area (TPSA) is 21.7 Å². The maximum absolute atomic E-state index is 6.39. The molecule has 1 aromatic heterocycles. The predicted molar refractivity (Wildman–Crippen MR) is 151 cm³/mol. The minimum atomic E-state index is -0.490. The Morgan fingerprint density at radius 3 is 2.49 bits per heavy atom. The molecular weight excluding hydrogens is 450 g/mol. The van der Waals surface area contributed by atoms with Crippen LogP contribution in [0.25, 0.3) is 0 Å². The SMILES string of the molecule is C=CCC(CC=C)(COc1cccc(CN(CC)C/C=C/C#CC(C)(C)C)c1)OCc1ccsc1. The molecule has 35 heavy (non-hydrogen) atoms. The van der Waals surface area contributed by atoms with E-state index in [1.54, 1.807) is 11.3 Å². The lowest BCUT2D eigenvalue weighted by atomic mass is 9.96.